The molecule has 60 valence electrons. The Kier molecular flexibility index (Phi) is 2.69. The highest BCUT2D eigenvalue weighted by molar-refractivity contribution is 4.87. The largest absolute Gasteiger partial charge is 0.378 e. The second-order valence-corrected chi connectivity index (χ2v) is 2.97. The summed E-state index contributed by atoms with van der Waals surface area (Å²) in [6, 6.07) is 0. The predicted octanol–water partition coefficient (Wildman–Crippen LogP) is 1.17. The Morgan fingerprint density at radius 3 is 2.40 bits per heavy atom. The van der Waals surface area contributed by atoms with E-state index in [0.29, 0.717) is 0 Å². The average molecular weight is 143 g/mol. The maximum absolute atomic E-state index is 5.40. The van der Waals surface area contributed by atoms with Crippen molar-refractivity contribution in [2.75, 3.05) is 19.8 Å². The molecule has 0 radical (unpaired) electrons. The minimum absolute atomic E-state index is 0.290. The van der Waals surface area contributed by atoms with E-state index in [1.807, 2.05) is 0 Å². The van der Waals surface area contributed by atoms with Crippen molar-refractivity contribution in [1.29, 1.82) is 0 Å². The Morgan fingerprint density at radius 1 is 1.40 bits per heavy atom. The SMILES string of the molecule is CCC1(CC)COCCN1. The average Bonchev–Trinajstić information content (AvgIpc) is 2.06. The van der Waals surface area contributed by atoms with Gasteiger partial charge in [0.25, 0.3) is 0 Å². The van der Waals surface area contributed by atoms with E-state index in [1.54, 1.807) is 0 Å². The summed E-state index contributed by atoms with van der Waals surface area (Å²) in [6.45, 7) is 7.21. The highest BCUT2D eigenvalue weighted by Crippen LogP contribution is 2.17. The van der Waals surface area contributed by atoms with Gasteiger partial charge in [-0.15, -0.1) is 0 Å². The molecule has 1 aliphatic rings. The number of ether oxygens (including phenoxy) is 1. The predicted molar refractivity (Wildman–Crippen MR) is 42.1 cm³/mol. The lowest BCUT2D eigenvalue weighted by atomic mass is 9.93. The summed E-state index contributed by atoms with van der Waals surface area (Å²) >= 11 is 0. The second kappa shape index (κ2) is 3.35. The van der Waals surface area contributed by atoms with Crippen LogP contribution in [-0.2, 0) is 4.74 Å². The van der Waals surface area contributed by atoms with E-state index in [1.165, 1.54) is 12.8 Å². The lowest BCUT2D eigenvalue weighted by molar-refractivity contribution is 0.0234. The summed E-state index contributed by atoms with van der Waals surface area (Å²) in [4.78, 5) is 0. The van der Waals surface area contributed by atoms with Crippen LogP contribution in [0.25, 0.3) is 0 Å². The topological polar surface area (TPSA) is 21.3 Å². The van der Waals surface area contributed by atoms with E-state index < -0.39 is 0 Å². The molecule has 0 aromatic rings. The number of rotatable bonds is 2. The highest BCUT2D eigenvalue weighted by Gasteiger charge is 2.27. The molecule has 1 rings (SSSR count). The lowest BCUT2D eigenvalue weighted by Gasteiger charge is -2.36. The fraction of sp³-hybridized carbons (Fsp3) is 1.00. The molecule has 1 heterocycles. The molecule has 1 fully saturated rings. The number of hydrogen-bond donors (Lipinski definition) is 1. The number of nitrogens with one attached hydrogen (secondary N) is 1. The summed E-state index contributed by atoms with van der Waals surface area (Å²) in [7, 11) is 0. The van der Waals surface area contributed by atoms with Crippen molar-refractivity contribution in [3.8, 4) is 0 Å². The molecule has 2 heteroatoms. The first-order chi connectivity index (χ1) is 4.83. The zero-order valence-corrected chi connectivity index (χ0v) is 6.94. The molecule has 0 atom stereocenters. The van der Waals surface area contributed by atoms with Gasteiger partial charge in [-0.2, -0.15) is 0 Å². The summed E-state index contributed by atoms with van der Waals surface area (Å²) < 4.78 is 5.40. The van der Waals surface area contributed by atoms with Crippen molar-refractivity contribution in [2.45, 2.75) is 32.2 Å². The van der Waals surface area contributed by atoms with Crippen LogP contribution in [0.2, 0.25) is 0 Å². The third-order valence-electron chi connectivity index (χ3n) is 2.48. The monoisotopic (exact) mass is 143 g/mol. The van der Waals surface area contributed by atoms with Crippen LogP contribution in [0, 0.1) is 0 Å². The molecule has 10 heavy (non-hydrogen) atoms. The molecule has 0 saturated carbocycles. The molecule has 0 amide bonds. The Bertz CT molecular complexity index is 91.4. The molecule has 1 saturated heterocycles. The van der Waals surface area contributed by atoms with E-state index in [2.05, 4.69) is 19.2 Å². The van der Waals surface area contributed by atoms with Crippen LogP contribution >= 0.6 is 0 Å². The minimum Gasteiger partial charge on any atom is -0.378 e. The van der Waals surface area contributed by atoms with Gasteiger partial charge in [0.05, 0.1) is 13.2 Å². The van der Waals surface area contributed by atoms with Crippen molar-refractivity contribution >= 4 is 0 Å². The van der Waals surface area contributed by atoms with E-state index in [4.69, 9.17) is 4.74 Å². The molecular weight excluding hydrogens is 126 g/mol. The quantitative estimate of drug-likeness (QED) is 0.626. The van der Waals surface area contributed by atoms with Crippen LogP contribution in [0.5, 0.6) is 0 Å². The van der Waals surface area contributed by atoms with Gasteiger partial charge < -0.3 is 10.1 Å². The second-order valence-electron chi connectivity index (χ2n) is 2.97. The van der Waals surface area contributed by atoms with Gasteiger partial charge in [-0.25, -0.2) is 0 Å². The first-order valence-corrected chi connectivity index (χ1v) is 4.16. The first-order valence-electron chi connectivity index (χ1n) is 4.16. The molecule has 0 spiro atoms. The Morgan fingerprint density at radius 2 is 2.10 bits per heavy atom. The zero-order valence-electron chi connectivity index (χ0n) is 6.94. The van der Waals surface area contributed by atoms with Crippen LogP contribution < -0.4 is 5.32 Å². The van der Waals surface area contributed by atoms with Gasteiger partial charge in [0.2, 0.25) is 0 Å². The van der Waals surface area contributed by atoms with Gasteiger partial charge in [-0.1, -0.05) is 13.8 Å². The molecule has 0 aromatic carbocycles. The van der Waals surface area contributed by atoms with Crippen LogP contribution in [0.1, 0.15) is 26.7 Å². The number of morpholine rings is 1. The zero-order chi connectivity index (χ0) is 7.45. The normalized spacial score (nSPS) is 24.6. The van der Waals surface area contributed by atoms with E-state index in [-0.39, 0.29) is 5.54 Å². The summed E-state index contributed by atoms with van der Waals surface area (Å²) in [6.07, 6.45) is 2.34. The van der Waals surface area contributed by atoms with Crippen LogP contribution in [0.3, 0.4) is 0 Å². The summed E-state index contributed by atoms with van der Waals surface area (Å²) in [5, 5.41) is 3.51. The maximum atomic E-state index is 5.40. The smallest absolute Gasteiger partial charge is 0.0648 e. The molecular formula is C8H17NO. The molecule has 0 aromatic heterocycles. The van der Waals surface area contributed by atoms with Gasteiger partial charge in [0.1, 0.15) is 0 Å². The fourth-order valence-electron chi connectivity index (χ4n) is 1.41. The molecule has 2 nitrogen and oxygen atoms in total. The standard InChI is InChI=1S/C8H17NO/c1-3-8(4-2)7-10-6-5-9-8/h9H,3-7H2,1-2H3. The highest BCUT2D eigenvalue weighted by atomic mass is 16.5. The van der Waals surface area contributed by atoms with Gasteiger partial charge >= 0.3 is 0 Å². The van der Waals surface area contributed by atoms with Crippen molar-refractivity contribution in [3.63, 3.8) is 0 Å². The van der Waals surface area contributed by atoms with Crippen LogP contribution in [-0.4, -0.2) is 25.3 Å². The lowest BCUT2D eigenvalue weighted by Crippen LogP contribution is -2.53. The maximum Gasteiger partial charge on any atom is 0.0648 e. The Hall–Kier alpha value is -0.0800. The van der Waals surface area contributed by atoms with E-state index >= 15 is 0 Å². The van der Waals surface area contributed by atoms with Gasteiger partial charge in [-0.3, -0.25) is 0 Å². The van der Waals surface area contributed by atoms with Gasteiger partial charge in [0.15, 0.2) is 0 Å². The molecule has 0 aliphatic carbocycles. The van der Waals surface area contributed by atoms with Crippen molar-refractivity contribution < 1.29 is 4.74 Å². The van der Waals surface area contributed by atoms with Gasteiger partial charge in [-0.05, 0) is 12.8 Å². The van der Waals surface area contributed by atoms with Crippen molar-refractivity contribution in [2.24, 2.45) is 0 Å². The molecule has 1 N–H and O–H groups in total. The summed E-state index contributed by atoms with van der Waals surface area (Å²) in [5.41, 5.74) is 0.290. The fourth-order valence-corrected chi connectivity index (χ4v) is 1.41. The van der Waals surface area contributed by atoms with Crippen molar-refractivity contribution in [3.05, 3.63) is 0 Å². The summed E-state index contributed by atoms with van der Waals surface area (Å²) in [5.74, 6) is 0. The first kappa shape index (κ1) is 8.02. The third kappa shape index (κ3) is 1.50. The molecule has 0 unspecified atom stereocenters. The third-order valence-corrected chi connectivity index (χ3v) is 2.48. The Balaban J connectivity index is 2.44. The van der Waals surface area contributed by atoms with Crippen LogP contribution in [0.15, 0.2) is 0 Å². The molecule has 0 bridgehead atoms. The van der Waals surface area contributed by atoms with E-state index in [0.717, 1.165) is 19.8 Å². The van der Waals surface area contributed by atoms with Gasteiger partial charge in [0, 0.05) is 12.1 Å². The molecule has 1 aliphatic heterocycles. The van der Waals surface area contributed by atoms with Crippen molar-refractivity contribution in [1.82, 2.24) is 5.32 Å². The Labute approximate surface area is 63.0 Å². The van der Waals surface area contributed by atoms with E-state index in [9.17, 15) is 0 Å². The minimum atomic E-state index is 0.290. The van der Waals surface area contributed by atoms with Crippen LogP contribution in [0.4, 0.5) is 0 Å². The number of hydrogen-bond acceptors (Lipinski definition) is 2.